The van der Waals surface area contributed by atoms with Gasteiger partial charge in [-0.1, -0.05) is 32.4 Å². The molecule has 2 heteroatoms. The fourth-order valence-corrected chi connectivity index (χ4v) is 2.13. The zero-order valence-corrected chi connectivity index (χ0v) is 9.45. The molecule has 0 saturated carbocycles. The minimum Gasteiger partial charge on any atom is -0.200 e. The monoisotopic (exact) mass is 195 g/mol. The number of fused-ring (bicyclic) bond motifs is 1. The van der Waals surface area contributed by atoms with Gasteiger partial charge in [-0.2, -0.15) is 0 Å². The molecule has 0 unspecified atom stereocenters. The first-order valence-corrected chi connectivity index (χ1v) is 5.80. The number of allylic oxidation sites excluding steroid dienone is 1. The van der Waals surface area contributed by atoms with Gasteiger partial charge in [-0.3, -0.25) is 0 Å². The van der Waals surface area contributed by atoms with Gasteiger partial charge in [0.15, 0.2) is 0 Å². The largest absolute Gasteiger partial charge is 0.200 e. The highest BCUT2D eigenvalue weighted by Gasteiger charge is 2.10. The second-order valence-corrected chi connectivity index (χ2v) is 3.75. The quantitative estimate of drug-likeness (QED) is 0.662. The Balaban J connectivity index is 0.000000396. The van der Waals surface area contributed by atoms with Gasteiger partial charge in [-0.25, -0.2) is 4.37 Å². The van der Waals surface area contributed by atoms with Gasteiger partial charge >= 0.3 is 0 Å². The summed E-state index contributed by atoms with van der Waals surface area (Å²) >= 11 is 1.64. The van der Waals surface area contributed by atoms with E-state index in [0.717, 1.165) is 0 Å². The third-order valence-electron chi connectivity index (χ3n) is 2.16. The summed E-state index contributed by atoms with van der Waals surface area (Å²) in [6.07, 6.45) is 7.91. The molecule has 72 valence electrons. The van der Waals surface area contributed by atoms with Crippen LogP contribution in [0.4, 0.5) is 0 Å². The minimum absolute atomic E-state index is 1.19. The first kappa shape index (κ1) is 10.5. The van der Waals surface area contributed by atoms with Crippen LogP contribution < -0.4 is 0 Å². The van der Waals surface area contributed by atoms with Crippen LogP contribution in [0.15, 0.2) is 11.8 Å². The molecule has 1 heterocycles. The van der Waals surface area contributed by atoms with Gasteiger partial charge in [0.25, 0.3) is 0 Å². The number of nitrogens with zero attached hydrogens (tertiary/aromatic N) is 1. The third kappa shape index (κ3) is 2.41. The Morgan fingerprint density at radius 3 is 2.85 bits per heavy atom. The van der Waals surface area contributed by atoms with E-state index < -0.39 is 0 Å². The zero-order chi connectivity index (χ0) is 9.68. The average Bonchev–Trinajstić information content (AvgIpc) is 2.67. The van der Waals surface area contributed by atoms with Crippen molar-refractivity contribution in [3.63, 3.8) is 0 Å². The molecule has 0 fully saturated rings. The molecule has 0 amide bonds. The third-order valence-corrected chi connectivity index (χ3v) is 3.03. The Labute approximate surface area is 84.7 Å². The number of aromatic nitrogens is 1. The molecule has 0 saturated heterocycles. The first-order chi connectivity index (χ1) is 6.40. The molecular formula is C11H17NS. The summed E-state index contributed by atoms with van der Waals surface area (Å²) in [6.45, 7) is 6.22. The topological polar surface area (TPSA) is 12.9 Å². The predicted octanol–water partition coefficient (Wildman–Crippen LogP) is 3.91. The Hall–Kier alpha value is -0.630. The van der Waals surface area contributed by atoms with Crippen LogP contribution in [0.3, 0.4) is 0 Å². The highest BCUT2D eigenvalue weighted by molar-refractivity contribution is 7.06. The van der Waals surface area contributed by atoms with Crippen LogP contribution >= 0.6 is 11.5 Å². The molecule has 1 aliphatic rings. The van der Waals surface area contributed by atoms with E-state index in [1.54, 1.807) is 17.1 Å². The van der Waals surface area contributed by atoms with E-state index in [1.807, 2.05) is 20.0 Å². The standard InChI is InChI=1S/C9H11NS.C2H6/c1-2-7-3-4-9-8(5-7)6-10-11-9;1-2/h5-6H,2-4H2,1H3;1-2H3. The van der Waals surface area contributed by atoms with Gasteiger partial charge in [-0.05, 0) is 30.8 Å². The lowest BCUT2D eigenvalue weighted by atomic mass is 9.98. The number of hydrogen-bond acceptors (Lipinski definition) is 2. The Morgan fingerprint density at radius 2 is 2.15 bits per heavy atom. The molecule has 0 spiro atoms. The highest BCUT2D eigenvalue weighted by atomic mass is 32.1. The first-order valence-electron chi connectivity index (χ1n) is 5.03. The minimum atomic E-state index is 1.19. The molecule has 0 aliphatic heterocycles. The number of hydrogen-bond donors (Lipinski definition) is 0. The van der Waals surface area contributed by atoms with Gasteiger partial charge in [0, 0.05) is 16.6 Å². The van der Waals surface area contributed by atoms with Gasteiger partial charge in [0.1, 0.15) is 0 Å². The molecule has 0 N–H and O–H groups in total. The van der Waals surface area contributed by atoms with Gasteiger partial charge < -0.3 is 0 Å². The molecule has 13 heavy (non-hydrogen) atoms. The second-order valence-electron chi connectivity index (χ2n) is 2.86. The highest BCUT2D eigenvalue weighted by Crippen LogP contribution is 2.27. The van der Waals surface area contributed by atoms with E-state index in [9.17, 15) is 0 Å². The maximum absolute atomic E-state index is 4.17. The van der Waals surface area contributed by atoms with Crippen LogP contribution in [0, 0.1) is 0 Å². The Morgan fingerprint density at radius 1 is 1.38 bits per heavy atom. The predicted molar refractivity (Wildman–Crippen MR) is 60.1 cm³/mol. The maximum Gasteiger partial charge on any atom is 0.0482 e. The lowest BCUT2D eigenvalue weighted by Crippen LogP contribution is -1.93. The van der Waals surface area contributed by atoms with Crippen LogP contribution in [-0.2, 0) is 6.42 Å². The normalized spacial score (nSPS) is 13.9. The second kappa shape index (κ2) is 5.18. The zero-order valence-electron chi connectivity index (χ0n) is 8.63. The van der Waals surface area contributed by atoms with Crippen LogP contribution in [0.1, 0.15) is 44.1 Å². The Bertz CT molecular complexity index is 286. The molecule has 0 atom stereocenters. The smallest absolute Gasteiger partial charge is 0.0482 e. The molecule has 0 radical (unpaired) electrons. The van der Waals surface area contributed by atoms with Crippen LogP contribution in [-0.4, -0.2) is 4.37 Å². The average molecular weight is 195 g/mol. The lowest BCUT2D eigenvalue weighted by Gasteiger charge is -2.09. The lowest BCUT2D eigenvalue weighted by molar-refractivity contribution is 0.890. The van der Waals surface area contributed by atoms with Crippen LogP contribution in [0.5, 0.6) is 0 Å². The van der Waals surface area contributed by atoms with E-state index >= 15 is 0 Å². The Kier molecular flexibility index (Phi) is 4.16. The van der Waals surface area contributed by atoms with E-state index in [1.165, 1.54) is 29.7 Å². The van der Waals surface area contributed by atoms with E-state index in [4.69, 9.17) is 0 Å². The van der Waals surface area contributed by atoms with Crippen LogP contribution in [0.2, 0.25) is 0 Å². The van der Waals surface area contributed by atoms with Gasteiger partial charge in [-0.15, -0.1) is 0 Å². The van der Waals surface area contributed by atoms with Crippen molar-refractivity contribution in [2.45, 2.75) is 40.0 Å². The molecule has 2 rings (SSSR count). The van der Waals surface area contributed by atoms with E-state index in [2.05, 4.69) is 17.4 Å². The molecule has 1 aromatic heterocycles. The summed E-state index contributed by atoms with van der Waals surface area (Å²) in [7, 11) is 0. The summed E-state index contributed by atoms with van der Waals surface area (Å²) < 4.78 is 4.17. The molecule has 0 bridgehead atoms. The summed E-state index contributed by atoms with van der Waals surface area (Å²) in [5.74, 6) is 0. The fourth-order valence-electron chi connectivity index (χ4n) is 1.42. The number of aryl methyl sites for hydroxylation is 1. The molecule has 1 nitrogen and oxygen atoms in total. The van der Waals surface area contributed by atoms with Crippen molar-refractivity contribution in [3.8, 4) is 0 Å². The SMILES string of the molecule is CC.CCC1=Cc2cnsc2CC1. The molecule has 1 aromatic rings. The van der Waals surface area contributed by atoms with Crippen molar-refractivity contribution in [1.29, 1.82) is 0 Å². The molecular weight excluding hydrogens is 178 g/mol. The molecule has 1 aliphatic carbocycles. The van der Waals surface area contributed by atoms with E-state index in [0.29, 0.717) is 0 Å². The maximum atomic E-state index is 4.17. The summed E-state index contributed by atoms with van der Waals surface area (Å²) in [5, 5.41) is 0. The van der Waals surface area contributed by atoms with Crippen molar-refractivity contribution >= 4 is 17.6 Å². The van der Waals surface area contributed by atoms with Gasteiger partial charge in [0.05, 0.1) is 0 Å². The van der Waals surface area contributed by atoms with Crippen molar-refractivity contribution in [3.05, 3.63) is 22.2 Å². The van der Waals surface area contributed by atoms with Crippen molar-refractivity contribution < 1.29 is 0 Å². The van der Waals surface area contributed by atoms with Crippen LogP contribution in [0.25, 0.3) is 6.08 Å². The van der Waals surface area contributed by atoms with Crippen molar-refractivity contribution in [2.75, 3.05) is 0 Å². The summed E-state index contributed by atoms with van der Waals surface area (Å²) in [4.78, 5) is 1.46. The number of rotatable bonds is 1. The van der Waals surface area contributed by atoms with E-state index in [-0.39, 0.29) is 0 Å². The fraction of sp³-hybridized carbons (Fsp3) is 0.545. The van der Waals surface area contributed by atoms with Crippen molar-refractivity contribution in [2.24, 2.45) is 0 Å². The van der Waals surface area contributed by atoms with Gasteiger partial charge in [0.2, 0.25) is 0 Å². The summed E-state index contributed by atoms with van der Waals surface area (Å²) in [6, 6.07) is 0. The summed E-state index contributed by atoms with van der Waals surface area (Å²) in [5.41, 5.74) is 2.93. The van der Waals surface area contributed by atoms with Crippen molar-refractivity contribution in [1.82, 2.24) is 4.37 Å². The molecule has 0 aromatic carbocycles.